The van der Waals surface area contributed by atoms with Crippen LogP contribution in [-0.2, 0) is 4.79 Å². The Morgan fingerprint density at radius 2 is 2.16 bits per heavy atom. The van der Waals surface area contributed by atoms with Crippen LogP contribution in [0.2, 0.25) is 0 Å². The molecule has 0 radical (unpaired) electrons. The Morgan fingerprint density at radius 3 is 2.74 bits per heavy atom. The molecule has 1 aromatic carbocycles. The first-order valence-electron chi connectivity index (χ1n) is 6.02. The second-order valence-electron chi connectivity index (χ2n) is 4.38. The second-order valence-corrected chi connectivity index (χ2v) is 4.38. The number of likely N-dealkylation sites (N-methyl/N-ethyl adjacent to an activating group) is 1. The summed E-state index contributed by atoms with van der Waals surface area (Å²) in [7, 11) is 0. The number of carbonyl (C=O) groups is 1. The average Bonchev–Trinajstić information content (AvgIpc) is 2.34. The first kappa shape index (κ1) is 15.4. The quantitative estimate of drug-likeness (QED) is 0.792. The molecule has 1 rings (SSSR count). The standard InChI is InChI=1S/C13H18F2N2O2/c1-3-17-13(2,12(16)18)7-8-19-10-6-4-5-9(14)11(10)15/h4-6,17H,3,7-8H2,1-2H3,(H2,16,18). The van der Waals surface area contributed by atoms with E-state index in [0.717, 1.165) is 6.07 Å². The molecule has 0 aliphatic rings. The van der Waals surface area contributed by atoms with Crippen molar-refractivity contribution in [2.45, 2.75) is 25.8 Å². The molecule has 0 aromatic heterocycles. The van der Waals surface area contributed by atoms with Gasteiger partial charge >= 0.3 is 0 Å². The molecule has 1 unspecified atom stereocenters. The normalized spacial score (nSPS) is 13.9. The zero-order chi connectivity index (χ0) is 14.5. The van der Waals surface area contributed by atoms with Gasteiger partial charge in [0.1, 0.15) is 0 Å². The molecule has 1 atom stereocenters. The van der Waals surface area contributed by atoms with Crippen LogP contribution in [0.1, 0.15) is 20.3 Å². The molecule has 0 bridgehead atoms. The maximum absolute atomic E-state index is 13.3. The van der Waals surface area contributed by atoms with Gasteiger partial charge in [-0.25, -0.2) is 4.39 Å². The summed E-state index contributed by atoms with van der Waals surface area (Å²) in [4.78, 5) is 11.3. The first-order valence-corrected chi connectivity index (χ1v) is 6.02. The molecule has 0 spiro atoms. The number of nitrogens with two attached hydrogens (primary N) is 1. The van der Waals surface area contributed by atoms with Crippen molar-refractivity contribution in [1.29, 1.82) is 0 Å². The smallest absolute Gasteiger partial charge is 0.237 e. The highest BCUT2D eigenvalue weighted by molar-refractivity contribution is 5.84. The van der Waals surface area contributed by atoms with Crippen molar-refractivity contribution in [3.05, 3.63) is 29.8 Å². The van der Waals surface area contributed by atoms with Gasteiger partial charge in [0.25, 0.3) is 0 Å². The molecule has 19 heavy (non-hydrogen) atoms. The third kappa shape index (κ3) is 3.89. The summed E-state index contributed by atoms with van der Waals surface area (Å²) >= 11 is 0. The van der Waals surface area contributed by atoms with E-state index in [1.807, 2.05) is 6.92 Å². The molecule has 6 heteroatoms. The van der Waals surface area contributed by atoms with Crippen LogP contribution >= 0.6 is 0 Å². The minimum absolute atomic E-state index is 0.0484. The fourth-order valence-electron chi connectivity index (χ4n) is 1.65. The second kappa shape index (κ2) is 6.47. The highest BCUT2D eigenvalue weighted by Gasteiger charge is 2.29. The predicted molar refractivity (Wildman–Crippen MR) is 67.7 cm³/mol. The maximum Gasteiger partial charge on any atom is 0.237 e. The molecule has 0 aliphatic heterocycles. The van der Waals surface area contributed by atoms with Crippen molar-refractivity contribution in [2.75, 3.05) is 13.2 Å². The Labute approximate surface area is 110 Å². The van der Waals surface area contributed by atoms with E-state index in [2.05, 4.69) is 5.32 Å². The molecule has 1 amide bonds. The fourth-order valence-corrected chi connectivity index (χ4v) is 1.65. The number of carbonyl (C=O) groups excluding carboxylic acids is 1. The lowest BCUT2D eigenvalue weighted by Crippen LogP contribution is -2.53. The van der Waals surface area contributed by atoms with Gasteiger partial charge in [-0.1, -0.05) is 13.0 Å². The van der Waals surface area contributed by atoms with Crippen molar-refractivity contribution >= 4 is 5.91 Å². The third-order valence-electron chi connectivity index (χ3n) is 2.89. The molecule has 0 heterocycles. The lowest BCUT2D eigenvalue weighted by atomic mass is 9.97. The Bertz CT molecular complexity index is 454. The summed E-state index contributed by atoms with van der Waals surface area (Å²) in [5.74, 6) is -2.70. The SMILES string of the molecule is CCNC(C)(CCOc1cccc(F)c1F)C(N)=O. The minimum Gasteiger partial charge on any atom is -0.490 e. The van der Waals surface area contributed by atoms with Gasteiger partial charge < -0.3 is 15.8 Å². The lowest BCUT2D eigenvalue weighted by Gasteiger charge is -2.26. The van der Waals surface area contributed by atoms with Gasteiger partial charge in [0.15, 0.2) is 11.6 Å². The topological polar surface area (TPSA) is 64.3 Å². The minimum atomic E-state index is -1.04. The molecular formula is C13H18F2N2O2. The molecule has 0 saturated heterocycles. The van der Waals surface area contributed by atoms with Crippen molar-refractivity contribution in [3.63, 3.8) is 0 Å². The van der Waals surface area contributed by atoms with Crippen LogP contribution in [0.4, 0.5) is 8.78 Å². The Kier molecular flexibility index (Phi) is 5.23. The van der Waals surface area contributed by atoms with Gasteiger partial charge in [0, 0.05) is 6.42 Å². The van der Waals surface area contributed by atoms with Crippen LogP contribution in [0.3, 0.4) is 0 Å². The number of amides is 1. The van der Waals surface area contributed by atoms with Gasteiger partial charge in [-0.3, -0.25) is 4.79 Å². The van der Waals surface area contributed by atoms with Crippen LogP contribution < -0.4 is 15.8 Å². The van der Waals surface area contributed by atoms with E-state index in [1.165, 1.54) is 12.1 Å². The van der Waals surface area contributed by atoms with Crippen LogP contribution in [0.25, 0.3) is 0 Å². The van der Waals surface area contributed by atoms with Crippen molar-refractivity contribution < 1.29 is 18.3 Å². The largest absolute Gasteiger partial charge is 0.490 e. The van der Waals surface area contributed by atoms with Crippen LogP contribution in [-0.4, -0.2) is 24.6 Å². The molecule has 106 valence electrons. The third-order valence-corrected chi connectivity index (χ3v) is 2.89. The zero-order valence-corrected chi connectivity index (χ0v) is 11.0. The highest BCUT2D eigenvalue weighted by atomic mass is 19.2. The number of primary amides is 1. The summed E-state index contributed by atoms with van der Waals surface area (Å²) in [5.41, 5.74) is 4.37. The summed E-state index contributed by atoms with van der Waals surface area (Å²) in [5, 5.41) is 2.95. The summed E-state index contributed by atoms with van der Waals surface area (Å²) in [6.45, 7) is 4.10. The van der Waals surface area contributed by atoms with E-state index in [4.69, 9.17) is 10.5 Å². The number of halogens is 2. The van der Waals surface area contributed by atoms with Crippen molar-refractivity contribution in [3.8, 4) is 5.75 Å². The van der Waals surface area contributed by atoms with Gasteiger partial charge in [0.05, 0.1) is 12.1 Å². The number of ether oxygens (including phenoxy) is 1. The van der Waals surface area contributed by atoms with Crippen LogP contribution in [0.5, 0.6) is 5.75 Å². The summed E-state index contributed by atoms with van der Waals surface area (Å²) < 4.78 is 31.4. The highest BCUT2D eigenvalue weighted by Crippen LogP contribution is 2.20. The van der Waals surface area contributed by atoms with Crippen LogP contribution in [0.15, 0.2) is 18.2 Å². The fraction of sp³-hybridized carbons (Fsp3) is 0.462. The average molecular weight is 272 g/mol. The summed E-state index contributed by atoms with van der Waals surface area (Å²) in [6.07, 6.45) is 0.256. The van der Waals surface area contributed by atoms with E-state index in [0.29, 0.717) is 6.54 Å². The number of hydrogen-bond donors (Lipinski definition) is 2. The van der Waals surface area contributed by atoms with Gasteiger partial charge in [-0.15, -0.1) is 0 Å². The van der Waals surface area contributed by atoms with E-state index >= 15 is 0 Å². The van der Waals surface area contributed by atoms with Gasteiger partial charge in [0.2, 0.25) is 11.7 Å². The Morgan fingerprint density at radius 1 is 1.47 bits per heavy atom. The number of nitrogens with one attached hydrogen (secondary N) is 1. The summed E-state index contributed by atoms with van der Waals surface area (Å²) in [6, 6.07) is 3.69. The molecule has 1 aromatic rings. The van der Waals surface area contributed by atoms with E-state index in [-0.39, 0.29) is 18.8 Å². The molecule has 0 fully saturated rings. The van der Waals surface area contributed by atoms with Gasteiger partial charge in [-0.05, 0) is 25.6 Å². The first-order chi connectivity index (χ1) is 8.90. The van der Waals surface area contributed by atoms with Crippen molar-refractivity contribution in [1.82, 2.24) is 5.32 Å². The van der Waals surface area contributed by atoms with E-state index in [1.54, 1.807) is 6.92 Å². The zero-order valence-electron chi connectivity index (χ0n) is 11.0. The molecule has 0 saturated carbocycles. The monoisotopic (exact) mass is 272 g/mol. The van der Waals surface area contributed by atoms with E-state index < -0.39 is 23.1 Å². The number of rotatable bonds is 7. The molecule has 4 nitrogen and oxygen atoms in total. The Balaban J connectivity index is 2.62. The number of hydrogen-bond acceptors (Lipinski definition) is 3. The van der Waals surface area contributed by atoms with E-state index in [9.17, 15) is 13.6 Å². The maximum atomic E-state index is 13.3. The lowest BCUT2D eigenvalue weighted by molar-refractivity contribution is -0.124. The van der Waals surface area contributed by atoms with Gasteiger partial charge in [-0.2, -0.15) is 4.39 Å². The number of benzene rings is 1. The molecule has 0 aliphatic carbocycles. The van der Waals surface area contributed by atoms with Crippen molar-refractivity contribution in [2.24, 2.45) is 5.73 Å². The predicted octanol–water partition coefficient (Wildman–Crippen LogP) is 1.59. The Hall–Kier alpha value is -1.69. The van der Waals surface area contributed by atoms with Crippen LogP contribution in [0, 0.1) is 11.6 Å². The molecule has 3 N–H and O–H groups in total. The molecular weight excluding hydrogens is 254 g/mol.